The van der Waals surface area contributed by atoms with E-state index >= 15 is 0 Å². The first-order valence-corrected chi connectivity index (χ1v) is 7.02. The molecule has 0 fully saturated rings. The molecule has 2 aliphatic rings. The van der Waals surface area contributed by atoms with E-state index < -0.39 is 0 Å². The van der Waals surface area contributed by atoms with Gasteiger partial charge in [-0.1, -0.05) is 24.3 Å². The first-order valence-electron chi connectivity index (χ1n) is 7.02. The van der Waals surface area contributed by atoms with E-state index in [1.54, 1.807) is 0 Å². The van der Waals surface area contributed by atoms with Crippen molar-refractivity contribution in [2.75, 3.05) is 0 Å². The molecule has 22 heavy (non-hydrogen) atoms. The first-order chi connectivity index (χ1) is 10.9. The van der Waals surface area contributed by atoms with Crippen LogP contribution in [0.1, 0.15) is 0 Å². The third-order valence-electron chi connectivity index (χ3n) is 3.69. The summed E-state index contributed by atoms with van der Waals surface area (Å²) < 4.78 is 11.8. The highest BCUT2D eigenvalue weighted by molar-refractivity contribution is 5.58. The zero-order valence-electron chi connectivity index (χ0n) is 11.5. The number of rotatable bonds is 0. The minimum Gasteiger partial charge on any atom is -0.453 e. The summed E-state index contributed by atoms with van der Waals surface area (Å²) in [4.78, 5) is 9.25. The number of para-hydroxylation sites is 4. The van der Waals surface area contributed by atoms with Crippen LogP contribution >= 0.6 is 0 Å². The lowest BCUT2D eigenvalue weighted by Gasteiger charge is -2.17. The van der Waals surface area contributed by atoms with Gasteiger partial charge in [-0.3, -0.25) is 0 Å². The highest BCUT2D eigenvalue weighted by Gasteiger charge is 2.17. The van der Waals surface area contributed by atoms with Crippen LogP contribution in [0.5, 0.6) is 23.0 Å². The van der Waals surface area contributed by atoms with Gasteiger partial charge in [0.2, 0.25) is 0 Å². The third-order valence-corrected chi connectivity index (χ3v) is 3.69. The maximum atomic E-state index is 5.92. The normalized spacial score (nSPS) is 13.1. The summed E-state index contributed by atoms with van der Waals surface area (Å²) in [5.74, 6) is 2.91. The number of hydrogen-bond donors (Lipinski definition) is 0. The second-order valence-corrected chi connectivity index (χ2v) is 5.15. The Hall–Kier alpha value is -3.14. The van der Waals surface area contributed by atoms with E-state index in [2.05, 4.69) is 9.98 Å². The standard InChI is InChI=1S/C18H10N2O2/c1-3-7-15-11(5-1)19-13-9-18-14(10-17(13)21-15)20-12-6-2-4-8-16(12)22-18/h1-10H. The average molecular weight is 286 g/mol. The van der Waals surface area contributed by atoms with E-state index in [-0.39, 0.29) is 0 Å². The molecule has 0 bridgehead atoms. The Balaban J connectivity index is 1.76. The quantitative estimate of drug-likeness (QED) is 0.434. The smallest absolute Gasteiger partial charge is 0.155 e. The van der Waals surface area contributed by atoms with Gasteiger partial charge in [0.15, 0.2) is 23.0 Å². The molecular formula is C18H10N2O2. The summed E-state index contributed by atoms with van der Waals surface area (Å²) in [5, 5.41) is 1.51. The van der Waals surface area contributed by atoms with Crippen molar-refractivity contribution in [1.82, 2.24) is 0 Å². The van der Waals surface area contributed by atoms with Crippen LogP contribution in [0.4, 0.5) is 11.4 Å². The molecular weight excluding hydrogens is 276 g/mol. The molecule has 2 heterocycles. The van der Waals surface area contributed by atoms with Gasteiger partial charge in [0.1, 0.15) is 22.1 Å². The van der Waals surface area contributed by atoms with Crippen molar-refractivity contribution < 1.29 is 9.47 Å². The van der Waals surface area contributed by atoms with E-state index in [9.17, 15) is 0 Å². The monoisotopic (exact) mass is 286 g/mol. The van der Waals surface area contributed by atoms with Crippen LogP contribution in [0.15, 0.2) is 70.6 Å². The fraction of sp³-hybridized carbons (Fsp3) is 0. The van der Waals surface area contributed by atoms with Gasteiger partial charge in [-0.2, -0.15) is 0 Å². The fourth-order valence-electron chi connectivity index (χ4n) is 2.64. The summed E-state index contributed by atoms with van der Waals surface area (Å²) in [5.41, 5.74) is 1.64. The Morgan fingerprint density at radius 1 is 0.545 bits per heavy atom. The third kappa shape index (κ3) is 1.64. The lowest BCUT2D eigenvalue weighted by atomic mass is 10.2. The molecule has 0 aromatic heterocycles. The zero-order chi connectivity index (χ0) is 14.5. The Kier molecular flexibility index (Phi) is 2.19. The number of benzene rings is 3. The Morgan fingerprint density at radius 3 is 1.50 bits per heavy atom. The van der Waals surface area contributed by atoms with Crippen LogP contribution in [-0.2, 0) is 0 Å². The SMILES string of the molecule is c1ccc2c(c1)N=c1cc3c(cc1O2)=Nc1ccccc1O3. The molecule has 0 saturated carbocycles. The van der Waals surface area contributed by atoms with Gasteiger partial charge in [0.05, 0.1) is 0 Å². The Labute approximate surface area is 126 Å². The van der Waals surface area contributed by atoms with Crippen molar-refractivity contribution >= 4 is 11.4 Å². The van der Waals surface area contributed by atoms with E-state index in [1.165, 1.54) is 0 Å². The molecule has 0 spiro atoms. The predicted octanol–water partition coefficient (Wildman–Crippen LogP) is 3.80. The van der Waals surface area contributed by atoms with Crippen molar-refractivity contribution in [1.29, 1.82) is 0 Å². The second kappa shape index (κ2) is 4.18. The summed E-state index contributed by atoms with van der Waals surface area (Å²) in [6, 6.07) is 19.2. The number of hydrogen-bond acceptors (Lipinski definition) is 4. The lowest BCUT2D eigenvalue weighted by Crippen LogP contribution is -2.18. The van der Waals surface area contributed by atoms with Gasteiger partial charge in [-0.25, -0.2) is 9.98 Å². The molecule has 0 radical (unpaired) electrons. The van der Waals surface area contributed by atoms with E-state index in [0.29, 0.717) is 11.5 Å². The molecule has 0 saturated heterocycles. The number of ether oxygens (including phenoxy) is 2. The van der Waals surface area contributed by atoms with Crippen LogP contribution in [0, 0.1) is 0 Å². The highest BCUT2D eigenvalue weighted by atomic mass is 16.5. The average Bonchev–Trinajstić information content (AvgIpc) is 2.56. The molecule has 3 aromatic carbocycles. The molecule has 0 amide bonds. The molecule has 2 aliphatic heterocycles. The second-order valence-electron chi connectivity index (χ2n) is 5.15. The molecule has 4 nitrogen and oxygen atoms in total. The molecule has 3 aromatic rings. The molecule has 5 rings (SSSR count). The maximum Gasteiger partial charge on any atom is 0.155 e. The Bertz CT molecular complexity index is 956. The largest absolute Gasteiger partial charge is 0.453 e. The topological polar surface area (TPSA) is 43.2 Å². The van der Waals surface area contributed by atoms with Crippen molar-refractivity contribution in [2.24, 2.45) is 9.98 Å². The maximum absolute atomic E-state index is 5.92. The van der Waals surface area contributed by atoms with Crippen LogP contribution in [0.2, 0.25) is 0 Å². The lowest BCUT2D eigenvalue weighted by molar-refractivity contribution is 0.451. The van der Waals surface area contributed by atoms with Crippen LogP contribution in [0.3, 0.4) is 0 Å². The molecule has 0 N–H and O–H groups in total. The molecule has 0 aliphatic carbocycles. The Morgan fingerprint density at radius 2 is 1.00 bits per heavy atom. The summed E-state index contributed by atoms with van der Waals surface area (Å²) in [6.45, 7) is 0. The number of fused-ring (bicyclic) bond motifs is 4. The van der Waals surface area contributed by atoms with Gasteiger partial charge in [-0.05, 0) is 24.3 Å². The fourth-order valence-corrected chi connectivity index (χ4v) is 2.64. The summed E-state index contributed by atoms with van der Waals surface area (Å²) in [7, 11) is 0. The first kappa shape index (κ1) is 11.5. The van der Waals surface area contributed by atoms with Crippen LogP contribution in [0.25, 0.3) is 0 Å². The molecule has 0 atom stereocenters. The number of nitrogens with zero attached hydrogens (tertiary/aromatic N) is 2. The zero-order valence-corrected chi connectivity index (χ0v) is 11.5. The van der Waals surface area contributed by atoms with E-state index in [4.69, 9.17) is 9.47 Å². The molecule has 4 heteroatoms. The van der Waals surface area contributed by atoms with E-state index in [1.807, 2.05) is 60.7 Å². The van der Waals surface area contributed by atoms with Gasteiger partial charge < -0.3 is 9.47 Å². The van der Waals surface area contributed by atoms with Crippen molar-refractivity contribution in [3.8, 4) is 23.0 Å². The van der Waals surface area contributed by atoms with Crippen molar-refractivity contribution in [3.05, 3.63) is 71.4 Å². The van der Waals surface area contributed by atoms with Gasteiger partial charge in [-0.15, -0.1) is 0 Å². The van der Waals surface area contributed by atoms with Crippen LogP contribution < -0.4 is 20.2 Å². The summed E-state index contributed by atoms with van der Waals surface area (Å²) in [6.07, 6.45) is 0. The molecule has 0 unspecified atom stereocenters. The predicted molar refractivity (Wildman–Crippen MR) is 81.1 cm³/mol. The van der Waals surface area contributed by atoms with Gasteiger partial charge >= 0.3 is 0 Å². The van der Waals surface area contributed by atoms with Gasteiger partial charge in [0.25, 0.3) is 0 Å². The van der Waals surface area contributed by atoms with Crippen molar-refractivity contribution in [2.45, 2.75) is 0 Å². The minimum absolute atomic E-state index is 0.698. The minimum atomic E-state index is 0.698. The van der Waals surface area contributed by atoms with Gasteiger partial charge in [0, 0.05) is 12.1 Å². The summed E-state index contributed by atoms with van der Waals surface area (Å²) >= 11 is 0. The van der Waals surface area contributed by atoms with Crippen LogP contribution in [-0.4, -0.2) is 0 Å². The molecule has 104 valence electrons. The van der Waals surface area contributed by atoms with Crippen molar-refractivity contribution in [3.63, 3.8) is 0 Å². The van der Waals surface area contributed by atoms with E-state index in [0.717, 1.165) is 33.6 Å². The highest BCUT2D eigenvalue weighted by Crippen LogP contribution is 2.36.